The van der Waals surface area contributed by atoms with Crippen LogP contribution in [0, 0.1) is 0 Å². The maximum atomic E-state index is 12.4. The molecule has 0 fully saturated rings. The summed E-state index contributed by atoms with van der Waals surface area (Å²) in [5.41, 5.74) is -0.803. The molecule has 0 unspecified atom stereocenters. The maximum Gasteiger partial charge on any atom is 1.00 e. The molecule has 2 aromatic rings. The van der Waals surface area contributed by atoms with E-state index in [2.05, 4.69) is 0 Å². The summed E-state index contributed by atoms with van der Waals surface area (Å²) < 4.78 is 44.0. The Balaban J connectivity index is 0.00000220. The smallest absolute Gasteiger partial charge is 0.492 e. The van der Waals surface area contributed by atoms with Crippen LogP contribution in [-0.4, -0.2) is 18.2 Å². The third kappa shape index (κ3) is 5.63. The average molecular weight is 321 g/mol. The second-order valence-corrected chi connectivity index (χ2v) is 4.22. The molecular weight excluding hydrogens is 309 g/mol. The number of rotatable bonds is 5. The minimum absolute atomic E-state index is 0. The standard InChI is InChI=1S/C13H12BF3NO2.K/c15-14(16,17)11-4-6-12(7-5-11)20-10-9-18-8-2-1-3-13(18)19;/h1-8H,9-10H2;/q-1;+1. The fourth-order valence-corrected chi connectivity index (χ4v) is 1.69. The summed E-state index contributed by atoms with van der Waals surface area (Å²) in [7, 11) is 0. The first-order valence-corrected chi connectivity index (χ1v) is 6.05. The van der Waals surface area contributed by atoms with Crippen LogP contribution in [0.5, 0.6) is 5.75 Å². The number of hydrogen-bond donors (Lipinski definition) is 0. The third-order valence-electron chi connectivity index (χ3n) is 2.76. The Morgan fingerprint density at radius 3 is 2.29 bits per heavy atom. The van der Waals surface area contributed by atoms with Crippen LogP contribution in [0.4, 0.5) is 12.9 Å². The first-order valence-electron chi connectivity index (χ1n) is 6.05. The Bertz CT molecular complexity index is 628. The number of pyridine rings is 1. The van der Waals surface area contributed by atoms with Gasteiger partial charge in [-0.3, -0.25) is 4.79 Å². The van der Waals surface area contributed by atoms with Crippen LogP contribution < -0.4 is 67.1 Å². The molecule has 0 saturated carbocycles. The van der Waals surface area contributed by atoms with Gasteiger partial charge in [0.05, 0.1) is 6.54 Å². The molecule has 0 spiro atoms. The van der Waals surface area contributed by atoms with Gasteiger partial charge in [0.2, 0.25) is 0 Å². The van der Waals surface area contributed by atoms with Crippen LogP contribution in [0.3, 0.4) is 0 Å². The predicted octanol–water partition coefficient (Wildman–Crippen LogP) is -1.01. The monoisotopic (exact) mass is 321 g/mol. The number of nitrogens with zero attached hydrogens (tertiary/aromatic N) is 1. The molecule has 0 aliphatic heterocycles. The number of halogens is 3. The molecule has 1 aromatic carbocycles. The minimum Gasteiger partial charge on any atom is -0.492 e. The van der Waals surface area contributed by atoms with Crippen molar-refractivity contribution in [3.05, 3.63) is 59.0 Å². The molecule has 0 bridgehead atoms. The van der Waals surface area contributed by atoms with E-state index in [1.165, 1.54) is 22.8 Å². The molecule has 0 radical (unpaired) electrons. The van der Waals surface area contributed by atoms with Crippen molar-refractivity contribution in [2.45, 2.75) is 6.54 Å². The zero-order valence-corrected chi connectivity index (χ0v) is 14.6. The van der Waals surface area contributed by atoms with Crippen LogP contribution in [-0.2, 0) is 6.54 Å². The Kier molecular flexibility index (Phi) is 7.22. The normalized spacial score (nSPS) is 10.8. The number of benzene rings is 1. The van der Waals surface area contributed by atoms with Crippen molar-refractivity contribution in [2.75, 3.05) is 6.61 Å². The van der Waals surface area contributed by atoms with Gasteiger partial charge in [0, 0.05) is 12.3 Å². The van der Waals surface area contributed by atoms with Gasteiger partial charge in [0.15, 0.2) is 0 Å². The Morgan fingerprint density at radius 2 is 1.71 bits per heavy atom. The molecule has 0 N–H and O–H groups in total. The summed E-state index contributed by atoms with van der Waals surface area (Å²) in [6.07, 6.45) is 1.63. The Labute approximate surface area is 162 Å². The van der Waals surface area contributed by atoms with E-state index < -0.39 is 12.4 Å². The van der Waals surface area contributed by atoms with E-state index in [-0.39, 0.29) is 63.6 Å². The fourth-order valence-electron chi connectivity index (χ4n) is 1.69. The van der Waals surface area contributed by atoms with E-state index in [0.29, 0.717) is 12.3 Å². The van der Waals surface area contributed by atoms with E-state index in [9.17, 15) is 17.7 Å². The zero-order valence-electron chi connectivity index (χ0n) is 11.5. The zero-order chi connectivity index (χ0) is 14.6. The van der Waals surface area contributed by atoms with Crippen molar-refractivity contribution >= 4 is 12.4 Å². The van der Waals surface area contributed by atoms with E-state index in [1.807, 2.05) is 0 Å². The minimum atomic E-state index is -4.98. The number of aromatic nitrogens is 1. The van der Waals surface area contributed by atoms with Gasteiger partial charge in [-0.1, -0.05) is 18.2 Å². The fraction of sp³-hybridized carbons (Fsp3) is 0.154. The van der Waals surface area contributed by atoms with Gasteiger partial charge in [-0.15, -0.1) is 5.46 Å². The van der Waals surface area contributed by atoms with Crippen molar-refractivity contribution in [2.24, 2.45) is 0 Å². The van der Waals surface area contributed by atoms with Gasteiger partial charge in [0.25, 0.3) is 5.56 Å². The summed E-state index contributed by atoms with van der Waals surface area (Å²) in [5.74, 6) is 0.345. The van der Waals surface area contributed by atoms with Crippen LogP contribution in [0.1, 0.15) is 0 Å². The van der Waals surface area contributed by atoms with E-state index in [4.69, 9.17) is 4.74 Å². The molecular formula is C13H12BF3KNO2. The second-order valence-electron chi connectivity index (χ2n) is 4.22. The first-order chi connectivity index (χ1) is 9.47. The van der Waals surface area contributed by atoms with Crippen LogP contribution in [0.2, 0.25) is 0 Å². The SMILES string of the molecule is O=c1ccccn1CCOc1ccc([B-](F)(F)F)cc1.[K+]. The Hall–Kier alpha value is -0.539. The predicted molar refractivity (Wildman–Crippen MR) is 71.4 cm³/mol. The van der Waals surface area contributed by atoms with E-state index >= 15 is 0 Å². The van der Waals surface area contributed by atoms with Crippen LogP contribution in [0.25, 0.3) is 0 Å². The second kappa shape index (κ2) is 8.19. The van der Waals surface area contributed by atoms with Crippen molar-refractivity contribution < 1.29 is 69.1 Å². The molecule has 8 heteroatoms. The average Bonchev–Trinajstić information content (AvgIpc) is 2.40. The summed E-state index contributed by atoms with van der Waals surface area (Å²) in [5, 5.41) is 0. The molecule has 2 rings (SSSR count). The third-order valence-corrected chi connectivity index (χ3v) is 2.76. The van der Waals surface area contributed by atoms with Crippen molar-refractivity contribution in [3.8, 4) is 5.75 Å². The van der Waals surface area contributed by atoms with Crippen molar-refractivity contribution in [3.63, 3.8) is 0 Å². The van der Waals surface area contributed by atoms with Crippen LogP contribution in [0.15, 0.2) is 53.5 Å². The van der Waals surface area contributed by atoms with Gasteiger partial charge in [0.1, 0.15) is 12.4 Å². The molecule has 3 nitrogen and oxygen atoms in total. The first kappa shape index (κ1) is 18.5. The summed E-state index contributed by atoms with van der Waals surface area (Å²) >= 11 is 0. The molecule has 0 aliphatic rings. The van der Waals surface area contributed by atoms with Gasteiger partial charge in [-0.25, -0.2) is 0 Å². The van der Waals surface area contributed by atoms with Crippen molar-refractivity contribution in [1.29, 1.82) is 0 Å². The molecule has 0 atom stereocenters. The Morgan fingerprint density at radius 1 is 1.05 bits per heavy atom. The van der Waals surface area contributed by atoms with E-state index in [1.54, 1.807) is 18.3 Å². The molecule has 0 aliphatic carbocycles. The topological polar surface area (TPSA) is 31.2 Å². The van der Waals surface area contributed by atoms with Crippen LogP contribution >= 0.6 is 0 Å². The van der Waals surface area contributed by atoms with E-state index in [0.717, 1.165) is 12.1 Å². The number of hydrogen-bond acceptors (Lipinski definition) is 2. The van der Waals surface area contributed by atoms with Gasteiger partial charge >= 0.3 is 58.4 Å². The summed E-state index contributed by atoms with van der Waals surface area (Å²) in [4.78, 5) is 11.4. The molecule has 1 aromatic heterocycles. The number of ether oxygens (including phenoxy) is 1. The quantitative estimate of drug-likeness (QED) is 0.661. The summed E-state index contributed by atoms with van der Waals surface area (Å²) in [6, 6.07) is 9.32. The molecule has 106 valence electrons. The molecule has 1 heterocycles. The van der Waals surface area contributed by atoms with Gasteiger partial charge in [-0.05, 0) is 18.2 Å². The molecule has 21 heavy (non-hydrogen) atoms. The molecule has 0 amide bonds. The molecule has 0 saturated heterocycles. The van der Waals surface area contributed by atoms with Crippen molar-refractivity contribution in [1.82, 2.24) is 4.57 Å². The maximum absolute atomic E-state index is 12.4. The van der Waals surface area contributed by atoms with Gasteiger partial charge < -0.3 is 22.3 Å². The largest absolute Gasteiger partial charge is 1.00 e. The summed E-state index contributed by atoms with van der Waals surface area (Å²) in [6.45, 7) is -4.43. The van der Waals surface area contributed by atoms with Gasteiger partial charge in [-0.2, -0.15) is 0 Å².